The van der Waals surface area contributed by atoms with Crippen molar-refractivity contribution < 1.29 is 0 Å². The van der Waals surface area contributed by atoms with Gasteiger partial charge in [0, 0.05) is 0 Å². The second-order valence-electron chi connectivity index (χ2n) is 4.30. The molecule has 0 unspecified atom stereocenters. The molecule has 13 heavy (non-hydrogen) atoms. The topological polar surface area (TPSA) is 0 Å². The maximum atomic E-state index is 2.34. The van der Waals surface area contributed by atoms with Gasteiger partial charge >= 0.3 is 0 Å². The molecule has 0 aliphatic rings. The Morgan fingerprint density at radius 3 is 1.85 bits per heavy atom. The molecule has 0 aliphatic heterocycles. The number of hydrogen-bond acceptors (Lipinski definition) is 0. The van der Waals surface area contributed by atoms with Crippen LogP contribution in [-0.2, 0) is 0 Å². The second-order valence-corrected chi connectivity index (χ2v) is 4.30. The molecule has 0 N–H and O–H groups in total. The smallest absolute Gasteiger partial charge is 0.0162 e. The van der Waals surface area contributed by atoms with Crippen LogP contribution in [0.2, 0.25) is 0 Å². The van der Waals surface area contributed by atoms with Crippen molar-refractivity contribution in [3.8, 4) is 0 Å². The van der Waals surface area contributed by atoms with Crippen LogP contribution in [0.4, 0.5) is 0 Å². The van der Waals surface area contributed by atoms with Crippen molar-refractivity contribution in [2.75, 3.05) is 0 Å². The average molecular weight is 176 g/mol. The van der Waals surface area contributed by atoms with Gasteiger partial charge in [-0.2, -0.15) is 0 Å². The molecule has 0 fully saturated rings. The van der Waals surface area contributed by atoms with Crippen LogP contribution in [0, 0.1) is 11.8 Å². The van der Waals surface area contributed by atoms with E-state index in [1.807, 2.05) is 0 Å². The van der Waals surface area contributed by atoms with Gasteiger partial charge in [-0.1, -0.05) is 58.0 Å². The van der Waals surface area contributed by atoms with Gasteiger partial charge < -0.3 is 0 Å². The monoisotopic (exact) mass is 176 g/mol. The highest BCUT2D eigenvalue weighted by atomic mass is 14.2. The molecule has 0 heteroatoms. The van der Waals surface area contributed by atoms with E-state index in [1.54, 1.807) is 0 Å². The molecule has 0 aromatic heterocycles. The minimum Gasteiger partial charge on any atom is -0.0625 e. The van der Waals surface area contributed by atoms with Crippen molar-refractivity contribution in [1.82, 2.24) is 0 Å². The first-order valence-corrected chi connectivity index (χ1v) is 5.18. The molecule has 0 saturated heterocycles. The fourth-order valence-electron chi connectivity index (χ4n) is 1.64. The van der Waals surface area contributed by atoms with Gasteiger partial charge in [-0.3, -0.25) is 0 Å². The number of benzene rings is 1. The maximum Gasteiger partial charge on any atom is -0.0162 e. The third-order valence-electron chi connectivity index (χ3n) is 3.17. The van der Waals surface area contributed by atoms with Gasteiger partial charge in [-0.05, 0) is 23.3 Å². The van der Waals surface area contributed by atoms with E-state index >= 15 is 0 Å². The Hall–Kier alpha value is -0.780. The number of rotatable bonds is 3. The standard InChI is InChI=1S/C13H20/c1-10(2)11(3)12(4)13-8-6-5-7-9-13/h5-12H,1-4H3/t11-,12-/m0/s1. The lowest BCUT2D eigenvalue weighted by atomic mass is 9.82. The van der Waals surface area contributed by atoms with Gasteiger partial charge in [-0.25, -0.2) is 0 Å². The molecule has 0 heterocycles. The lowest BCUT2D eigenvalue weighted by molar-refractivity contribution is 0.362. The van der Waals surface area contributed by atoms with Gasteiger partial charge in [0.2, 0.25) is 0 Å². The summed E-state index contributed by atoms with van der Waals surface area (Å²) >= 11 is 0. The Morgan fingerprint density at radius 1 is 0.846 bits per heavy atom. The fraction of sp³-hybridized carbons (Fsp3) is 0.538. The van der Waals surface area contributed by atoms with Gasteiger partial charge in [0.25, 0.3) is 0 Å². The van der Waals surface area contributed by atoms with Crippen LogP contribution < -0.4 is 0 Å². The van der Waals surface area contributed by atoms with Crippen molar-refractivity contribution in [1.29, 1.82) is 0 Å². The summed E-state index contributed by atoms with van der Waals surface area (Å²) in [5.41, 5.74) is 1.46. The molecule has 72 valence electrons. The van der Waals surface area contributed by atoms with Gasteiger partial charge in [0.15, 0.2) is 0 Å². The van der Waals surface area contributed by atoms with Crippen molar-refractivity contribution >= 4 is 0 Å². The van der Waals surface area contributed by atoms with Gasteiger partial charge in [-0.15, -0.1) is 0 Å². The second kappa shape index (κ2) is 4.45. The van der Waals surface area contributed by atoms with E-state index in [2.05, 4.69) is 58.0 Å². The predicted molar refractivity (Wildman–Crippen MR) is 58.9 cm³/mol. The Balaban J connectivity index is 2.73. The van der Waals surface area contributed by atoms with E-state index in [0.29, 0.717) is 5.92 Å². The van der Waals surface area contributed by atoms with Crippen LogP contribution in [0.5, 0.6) is 0 Å². The molecule has 0 bridgehead atoms. The van der Waals surface area contributed by atoms with E-state index in [-0.39, 0.29) is 0 Å². The quantitative estimate of drug-likeness (QED) is 0.651. The van der Waals surface area contributed by atoms with E-state index in [0.717, 1.165) is 11.8 Å². The summed E-state index contributed by atoms with van der Waals surface area (Å²) in [6.45, 7) is 9.25. The first kappa shape index (κ1) is 10.3. The zero-order chi connectivity index (χ0) is 9.84. The van der Waals surface area contributed by atoms with Crippen molar-refractivity contribution in [2.24, 2.45) is 11.8 Å². The van der Waals surface area contributed by atoms with Crippen LogP contribution in [0.3, 0.4) is 0 Å². The van der Waals surface area contributed by atoms with Crippen molar-refractivity contribution in [2.45, 2.75) is 33.6 Å². The summed E-state index contributed by atoms with van der Waals surface area (Å²) < 4.78 is 0. The lowest BCUT2D eigenvalue weighted by Gasteiger charge is -2.23. The Morgan fingerprint density at radius 2 is 1.38 bits per heavy atom. The summed E-state index contributed by atoms with van der Waals surface area (Å²) in [6, 6.07) is 10.8. The molecule has 2 atom stereocenters. The molecule has 1 rings (SSSR count). The first-order chi connectivity index (χ1) is 6.13. The van der Waals surface area contributed by atoms with Crippen LogP contribution in [0.15, 0.2) is 30.3 Å². The van der Waals surface area contributed by atoms with Gasteiger partial charge in [0.1, 0.15) is 0 Å². The van der Waals surface area contributed by atoms with E-state index in [4.69, 9.17) is 0 Å². The lowest BCUT2D eigenvalue weighted by Crippen LogP contribution is -2.12. The van der Waals surface area contributed by atoms with Crippen molar-refractivity contribution in [3.63, 3.8) is 0 Å². The Labute approximate surface area is 82.0 Å². The van der Waals surface area contributed by atoms with Crippen molar-refractivity contribution in [3.05, 3.63) is 35.9 Å². The molecule has 1 aromatic rings. The normalized spacial score (nSPS) is 15.8. The van der Waals surface area contributed by atoms with Crippen LogP contribution >= 0.6 is 0 Å². The van der Waals surface area contributed by atoms with E-state index < -0.39 is 0 Å². The highest BCUT2D eigenvalue weighted by Gasteiger charge is 2.16. The third-order valence-corrected chi connectivity index (χ3v) is 3.17. The summed E-state index contributed by atoms with van der Waals surface area (Å²) in [4.78, 5) is 0. The SMILES string of the molecule is CC(C)[C@H](C)[C@H](C)c1ccccc1. The first-order valence-electron chi connectivity index (χ1n) is 5.18. The molecule has 0 nitrogen and oxygen atoms in total. The molecule has 0 amide bonds. The molecule has 0 spiro atoms. The molecule has 0 aliphatic carbocycles. The zero-order valence-electron chi connectivity index (χ0n) is 9.12. The minimum absolute atomic E-state index is 0.668. The minimum atomic E-state index is 0.668. The summed E-state index contributed by atoms with van der Waals surface area (Å²) in [6.07, 6.45) is 0. The summed E-state index contributed by atoms with van der Waals surface area (Å²) in [5, 5.41) is 0. The highest BCUT2D eigenvalue weighted by Crippen LogP contribution is 2.28. The van der Waals surface area contributed by atoms with Crippen LogP contribution in [0.1, 0.15) is 39.2 Å². The van der Waals surface area contributed by atoms with E-state index in [9.17, 15) is 0 Å². The van der Waals surface area contributed by atoms with Crippen LogP contribution in [0.25, 0.3) is 0 Å². The molecule has 1 aromatic carbocycles. The summed E-state index contributed by atoms with van der Waals surface area (Å²) in [7, 11) is 0. The maximum absolute atomic E-state index is 2.34. The Bertz CT molecular complexity index is 235. The molecule has 0 radical (unpaired) electrons. The molecule has 0 saturated carbocycles. The predicted octanol–water partition coefficient (Wildman–Crippen LogP) is 4.08. The van der Waals surface area contributed by atoms with E-state index in [1.165, 1.54) is 5.56 Å². The average Bonchev–Trinajstić information content (AvgIpc) is 2.17. The fourth-order valence-corrected chi connectivity index (χ4v) is 1.64. The van der Waals surface area contributed by atoms with Gasteiger partial charge in [0.05, 0.1) is 0 Å². The molecular weight excluding hydrogens is 156 g/mol. The molecular formula is C13H20. The van der Waals surface area contributed by atoms with Crippen LogP contribution in [-0.4, -0.2) is 0 Å². The number of hydrogen-bond donors (Lipinski definition) is 0. The largest absolute Gasteiger partial charge is 0.0625 e. The highest BCUT2D eigenvalue weighted by molar-refractivity contribution is 5.19. The third kappa shape index (κ3) is 2.58. The Kier molecular flexibility index (Phi) is 3.53. The summed E-state index contributed by atoms with van der Waals surface area (Å²) in [5.74, 6) is 2.18. The zero-order valence-corrected chi connectivity index (χ0v) is 9.12.